The molecular formula is C37H47N3O6. The molecule has 46 heavy (non-hydrogen) atoms. The SMILES string of the molecule is C=CCN(C(=O)[C@@H]1[C@H]2C(=O)N([C@@H](CO)Cc3ccccc3)C(C(=O)N(CC=C)C(C)C)C23CC[C@@]1(C)O3)c1ccc(OCC)cc1. The van der Waals surface area contributed by atoms with Crippen LogP contribution in [0.3, 0.4) is 0 Å². The van der Waals surface area contributed by atoms with Gasteiger partial charge in [-0.05, 0) is 76.8 Å². The Bertz CT molecular complexity index is 1440. The predicted molar refractivity (Wildman–Crippen MR) is 177 cm³/mol. The van der Waals surface area contributed by atoms with Crippen molar-refractivity contribution in [3.8, 4) is 5.75 Å². The highest BCUT2D eigenvalue weighted by Crippen LogP contribution is 2.64. The van der Waals surface area contributed by atoms with Crippen LogP contribution in [0.2, 0.25) is 0 Å². The number of benzene rings is 2. The third kappa shape index (κ3) is 5.64. The number of rotatable bonds is 14. The van der Waals surface area contributed by atoms with Crippen LogP contribution in [0.15, 0.2) is 79.9 Å². The number of likely N-dealkylation sites (tertiary alicyclic amines) is 1. The number of ether oxygens (including phenoxy) is 2. The van der Waals surface area contributed by atoms with Crippen molar-refractivity contribution >= 4 is 23.4 Å². The molecule has 2 aromatic carbocycles. The zero-order valence-corrected chi connectivity index (χ0v) is 27.4. The molecule has 9 heteroatoms. The van der Waals surface area contributed by atoms with Crippen molar-refractivity contribution in [3.05, 3.63) is 85.5 Å². The van der Waals surface area contributed by atoms with Gasteiger partial charge in [-0.15, -0.1) is 13.2 Å². The van der Waals surface area contributed by atoms with Crippen LogP contribution < -0.4 is 9.64 Å². The molecule has 0 saturated carbocycles. The minimum Gasteiger partial charge on any atom is -0.494 e. The predicted octanol–water partition coefficient (Wildman–Crippen LogP) is 4.40. The topological polar surface area (TPSA) is 99.6 Å². The lowest BCUT2D eigenvalue weighted by atomic mass is 9.66. The molecule has 1 N–H and O–H groups in total. The van der Waals surface area contributed by atoms with E-state index in [1.165, 1.54) is 0 Å². The lowest BCUT2D eigenvalue weighted by Gasteiger charge is -2.40. The normalized spacial score (nSPS) is 27.0. The van der Waals surface area contributed by atoms with E-state index in [1.807, 2.05) is 82.3 Å². The van der Waals surface area contributed by atoms with Crippen molar-refractivity contribution in [2.24, 2.45) is 11.8 Å². The van der Waals surface area contributed by atoms with Crippen molar-refractivity contribution in [3.63, 3.8) is 0 Å². The average molecular weight is 630 g/mol. The van der Waals surface area contributed by atoms with Gasteiger partial charge in [0, 0.05) is 24.8 Å². The largest absolute Gasteiger partial charge is 0.494 e. The molecule has 2 bridgehead atoms. The molecule has 2 unspecified atom stereocenters. The molecule has 0 aliphatic carbocycles. The quantitative estimate of drug-likeness (QED) is 0.311. The number of carbonyl (C=O) groups excluding carboxylic acids is 3. The van der Waals surface area contributed by atoms with Crippen molar-refractivity contribution < 1.29 is 29.0 Å². The van der Waals surface area contributed by atoms with E-state index in [0.29, 0.717) is 43.9 Å². The first-order chi connectivity index (χ1) is 22.1. The fraction of sp³-hybridized carbons (Fsp3) is 0.486. The number of fused-ring (bicyclic) bond motifs is 1. The molecule has 3 aliphatic heterocycles. The van der Waals surface area contributed by atoms with Crippen LogP contribution in [0.25, 0.3) is 0 Å². The molecule has 0 radical (unpaired) electrons. The molecular weight excluding hydrogens is 582 g/mol. The van der Waals surface area contributed by atoms with Gasteiger partial charge in [0.15, 0.2) is 0 Å². The van der Waals surface area contributed by atoms with Crippen molar-refractivity contribution in [1.82, 2.24) is 9.80 Å². The van der Waals surface area contributed by atoms with Gasteiger partial charge in [0.25, 0.3) is 0 Å². The van der Waals surface area contributed by atoms with Gasteiger partial charge in [0.1, 0.15) is 17.4 Å². The average Bonchev–Trinajstić information content (AvgIpc) is 3.62. The van der Waals surface area contributed by atoms with Gasteiger partial charge in [-0.3, -0.25) is 14.4 Å². The fourth-order valence-corrected chi connectivity index (χ4v) is 7.91. The number of amides is 3. The van der Waals surface area contributed by atoms with E-state index >= 15 is 0 Å². The lowest BCUT2D eigenvalue weighted by Crippen LogP contribution is -2.60. The number of nitrogens with zero attached hydrogens (tertiary/aromatic N) is 3. The minimum absolute atomic E-state index is 0.172. The molecule has 1 spiro atoms. The lowest BCUT2D eigenvalue weighted by molar-refractivity contribution is -0.155. The Hall–Kier alpha value is -3.95. The summed E-state index contributed by atoms with van der Waals surface area (Å²) in [6.07, 6.45) is 4.65. The number of carbonyl (C=O) groups is 3. The smallest absolute Gasteiger partial charge is 0.248 e. The van der Waals surface area contributed by atoms with Crippen LogP contribution in [0, 0.1) is 11.8 Å². The summed E-state index contributed by atoms with van der Waals surface area (Å²) < 4.78 is 12.5. The Morgan fingerprint density at radius 1 is 1.07 bits per heavy atom. The molecule has 3 fully saturated rings. The summed E-state index contributed by atoms with van der Waals surface area (Å²) in [5, 5.41) is 10.8. The number of hydrogen-bond donors (Lipinski definition) is 1. The number of aliphatic hydroxyl groups excluding tert-OH is 1. The molecule has 0 aromatic heterocycles. The highest BCUT2D eigenvalue weighted by atomic mass is 16.5. The summed E-state index contributed by atoms with van der Waals surface area (Å²) in [4.78, 5) is 49.1. The van der Waals surface area contributed by atoms with Crippen molar-refractivity contribution in [2.75, 3.05) is 31.2 Å². The van der Waals surface area contributed by atoms with Gasteiger partial charge < -0.3 is 29.3 Å². The van der Waals surface area contributed by atoms with Crippen LogP contribution in [-0.2, 0) is 25.5 Å². The monoisotopic (exact) mass is 629 g/mol. The molecule has 246 valence electrons. The van der Waals surface area contributed by atoms with Gasteiger partial charge in [-0.2, -0.15) is 0 Å². The minimum atomic E-state index is -1.22. The Morgan fingerprint density at radius 3 is 2.33 bits per heavy atom. The highest BCUT2D eigenvalue weighted by molar-refractivity contribution is 6.03. The number of aliphatic hydroxyl groups is 1. The molecule has 3 heterocycles. The van der Waals surface area contributed by atoms with Crippen LogP contribution in [0.4, 0.5) is 5.69 Å². The standard InChI is InChI=1S/C37H47N3O6/c1-7-21-38(25(4)5)35(44)32-37-20-19-36(6,46-37)30(33(42)39(22-8-2)27-15-17-29(18-16-27)45-9-3)31(37)34(43)40(32)28(24-41)23-26-13-11-10-12-14-26/h7-8,10-18,25,28,30-32,41H,1-2,9,19-24H2,3-6H3/t28-,30+,31+,32?,36-,37?/m1/s1. The van der Waals surface area contributed by atoms with Crippen LogP contribution in [0.5, 0.6) is 5.75 Å². The van der Waals surface area contributed by atoms with E-state index in [-0.39, 0.29) is 36.9 Å². The van der Waals surface area contributed by atoms with Crippen LogP contribution >= 0.6 is 0 Å². The maximum Gasteiger partial charge on any atom is 0.248 e. The van der Waals surface area contributed by atoms with Gasteiger partial charge in [0.2, 0.25) is 17.7 Å². The second-order valence-corrected chi connectivity index (χ2v) is 13.0. The Balaban J connectivity index is 1.60. The van der Waals surface area contributed by atoms with Gasteiger partial charge in [0.05, 0.1) is 36.7 Å². The maximum atomic E-state index is 14.9. The summed E-state index contributed by atoms with van der Waals surface area (Å²) in [6.45, 7) is 16.1. The van der Waals surface area contributed by atoms with Gasteiger partial charge in [-0.25, -0.2) is 0 Å². The first-order valence-corrected chi connectivity index (χ1v) is 16.3. The fourth-order valence-electron chi connectivity index (χ4n) is 7.91. The first kappa shape index (κ1) is 33.4. The van der Waals surface area contributed by atoms with E-state index in [0.717, 1.165) is 5.56 Å². The number of anilines is 1. The molecule has 6 atom stereocenters. The second kappa shape index (κ2) is 13.4. The van der Waals surface area contributed by atoms with Gasteiger partial charge in [-0.1, -0.05) is 42.5 Å². The Morgan fingerprint density at radius 2 is 1.74 bits per heavy atom. The zero-order valence-electron chi connectivity index (χ0n) is 27.4. The van der Waals surface area contributed by atoms with Gasteiger partial charge >= 0.3 is 0 Å². The van der Waals surface area contributed by atoms with Crippen LogP contribution in [-0.4, -0.2) is 88.3 Å². The Kier molecular flexibility index (Phi) is 9.75. The molecule has 9 nitrogen and oxygen atoms in total. The molecule has 3 saturated heterocycles. The van der Waals surface area contributed by atoms with Crippen LogP contribution in [0.1, 0.15) is 46.1 Å². The van der Waals surface area contributed by atoms with E-state index in [4.69, 9.17) is 9.47 Å². The summed E-state index contributed by atoms with van der Waals surface area (Å²) >= 11 is 0. The first-order valence-electron chi connectivity index (χ1n) is 16.3. The highest BCUT2D eigenvalue weighted by Gasteiger charge is 2.79. The molecule has 5 rings (SSSR count). The van der Waals surface area contributed by atoms with E-state index < -0.39 is 35.1 Å². The summed E-state index contributed by atoms with van der Waals surface area (Å²) in [5.41, 5.74) is -0.597. The zero-order chi connectivity index (χ0) is 33.2. The third-order valence-electron chi connectivity index (χ3n) is 9.90. The summed E-state index contributed by atoms with van der Waals surface area (Å²) in [5.74, 6) is -1.90. The number of hydrogen-bond acceptors (Lipinski definition) is 6. The Labute approximate surface area is 272 Å². The third-order valence-corrected chi connectivity index (χ3v) is 9.90. The van der Waals surface area contributed by atoms with Crippen molar-refractivity contribution in [2.45, 2.75) is 76.3 Å². The van der Waals surface area contributed by atoms with Crippen molar-refractivity contribution in [1.29, 1.82) is 0 Å². The summed E-state index contributed by atoms with van der Waals surface area (Å²) in [7, 11) is 0. The molecule has 2 aromatic rings. The van der Waals surface area contributed by atoms with E-state index in [1.54, 1.807) is 26.9 Å². The molecule has 3 amide bonds. The maximum absolute atomic E-state index is 14.9. The molecule has 3 aliphatic rings. The van der Waals surface area contributed by atoms with E-state index in [2.05, 4.69) is 13.2 Å². The van der Waals surface area contributed by atoms with E-state index in [9.17, 15) is 19.5 Å². The summed E-state index contributed by atoms with van der Waals surface area (Å²) in [6, 6.07) is 15.0. The second-order valence-electron chi connectivity index (χ2n) is 13.0.